The van der Waals surface area contributed by atoms with Crippen LogP contribution in [-0.2, 0) is 4.46 Å². The zero-order valence-electron chi connectivity index (χ0n) is 9.85. The van der Waals surface area contributed by atoms with Gasteiger partial charge in [-0.2, -0.15) is 0 Å². The third-order valence-corrected chi connectivity index (χ3v) is 0. The first kappa shape index (κ1) is 22.7. The SMILES string of the molecule is O=[Si]([O-])[O-].[Ca+2].[H-].[H-].[H-].[H-].[H-].[H-].[Mg+2].[Mg+2]. The Morgan fingerprint density at radius 1 is 1.29 bits per heavy atom. The van der Waals surface area contributed by atoms with Crippen LogP contribution in [0.25, 0.3) is 0 Å². The van der Waals surface area contributed by atoms with Crippen molar-refractivity contribution in [3.05, 3.63) is 0 Å². The molecule has 0 bridgehead atoms. The van der Waals surface area contributed by atoms with Crippen molar-refractivity contribution in [1.29, 1.82) is 0 Å². The molecular formula is H6CaMg2O3Si-2. The van der Waals surface area contributed by atoms with Crippen LogP contribution in [0.1, 0.15) is 8.56 Å². The van der Waals surface area contributed by atoms with E-state index in [4.69, 9.17) is 14.1 Å². The first-order chi connectivity index (χ1) is 1.73. The number of hydrogen-bond acceptors (Lipinski definition) is 3. The monoisotopic (exact) mass is 170 g/mol. The summed E-state index contributed by atoms with van der Waals surface area (Å²) in [6.07, 6.45) is 0. The minimum Gasteiger partial charge on any atom is -1.00 e. The summed E-state index contributed by atoms with van der Waals surface area (Å²) < 4.78 is 8.52. The summed E-state index contributed by atoms with van der Waals surface area (Å²) in [7, 11) is -3.63. The van der Waals surface area contributed by atoms with Crippen LogP contribution in [0.15, 0.2) is 0 Å². The molecule has 3 nitrogen and oxygen atoms in total. The van der Waals surface area contributed by atoms with E-state index in [1.807, 2.05) is 0 Å². The van der Waals surface area contributed by atoms with Crippen LogP contribution in [0.4, 0.5) is 0 Å². The Bertz CT molecular complexity index is 48.9. The standard InChI is InChI=1S/Ca.2Mg.O3Si.6H/c;;;1-4(2)3;;;;;;/q3*+2;-2;6*-1. The Balaban J connectivity index is -0.00000000125. The molecule has 0 unspecified atom stereocenters. The molecule has 0 saturated carbocycles. The van der Waals surface area contributed by atoms with Gasteiger partial charge in [0, 0.05) is 9.17 Å². The maximum atomic E-state index is 8.52. The van der Waals surface area contributed by atoms with Crippen molar-refractivity contribution in [2.24, 2.45) is 0 Å². The van der Waals surface area contributed by atoms with E-state index in [1.165, 1.54) is 0 Å². The molecule has 0 aliphatic heterocycles. The van der Waals surface area contributed by atoms with Crippen LogP contribution in [0.2, 0.25) is 0 Å². The van der Waals surface area contributed by atoms with Gasteiger partial charge in [0.1, 0.15) is 0 Å². The average Bonchev–Trinajstić information content (AvgIpc) is 0.811. The van der Waals surface area contributed by atoms with Gasteiger partial charge in [0.25, 0.3) is 0 Å². The maximum Gasteiger partial charge on any atom is 2.00 e. The molecule has 0 radical (unpaired) electrons. The first-order valence-corrected chi connectivity index (χ1v) is 1.84. The van der Waals surface area contributed by atoms with Gasteiger partial charge in [-0.05, 0) is 0 Å². The summed E-state index contributed by atoms with van der Waals surface area (Å²) in [4.78, 5) is 17.0. The molecule has 0 aliphatic rings. The van der Waals surface area contributed by atoms with Gasteiger partial charge in [0.2, 0.25) is 0 Å². The van der Waals surface area contributed by atoms with Gasteiger partial charge in [-0.25, -0.2) is 0 Å². The van der Waals surface area contributed by atoms with Crippen molar-refractivity contribution in [3.63, 3.8) is 0 Å². The average molecular weight is 171 g/mol. The van der Waals surface area contributed by atoms with E-state index in [0.717, 1.165) is 0 Å². The van der Waals surface area contributed by atoms with Crippen LogP contribution in [0, 0.1) is 0 Å². The Labute approximate surface area is 114 Å². The Morgan fingerprint density at radius 2 is 1.29 bits per heavy atom. The topological polar surface area (TPSA) is 63.2 Å². The Kier molecular flexibility index (Phi) is 51.3. The molecule has 0 aromatic carbocycles. The molecule has 7 heavy (non-hydrogen) atoms. The van der Waals surface area contributed by atoms with E-state index in [0.29, 0.717) is 0 Å². The van der Waals surface area contributed by atoms with Gasteiger partial charge in [0.05, 0.1) is 0 Å². The van der Waals surface area contributed by atoms with Crippen LogP contribution in [0.3, 0.4) is 0 Å². The maximum absolute atomic E-state index is 8.52. The van der Waals surface area contributed by atoms with E-state index in [1.54, 1.807) is 0 Å². The first-order valence-electron chi connectivity index (χ1n) is 0.612. The minimum absolute atomic E-state index is 0. The van der Waals surface area contributed by atoms with Crippen LogP contribution in [0.5, 0.6) is 0 Å². The molecule has 0 atom stereocenters. The zero-order chi connectivity index (χ0) is 3.58. The van der Waals surface area contributed by atoms with Crippen molar-refractivity contribution in [2.45, 2.75) is 0 Å². The molecule has 0 N–H and O–H groups in total. The molecule has 0 heterocycles. The van der Waals surface area contributed by atoms with Gasteiger partial charge in [-0.3, -0.25) is 0 Å². The molecule has 0 amide bonds. The van der Waals surface area contributed by atoms with E-state index in [9.17, 15) is 0 Å². The van der Waals surface area contributed by atoms with E-state index in [-0.39, 0.29) is 92.4 Å². The van der Waals surface area contributed by atoms with Gasteiger partial charge in [0.15, 0.2) is 0 Å². The van der Waals surface area contributed by atoms with Crippen LogP contribution < -0.4 is 9.59 Å². The second-order valence-electron chi connectivity index (χ2n) is 0.250. The summed E-state index contributed by atoms with van der Waals surface area (Å²) in [6.45, 7) is 0. The van der Waals surface area contributed by atoms with Gasteiger partial charge in [-0.1, -0.05) is 0 Å². The third kappa shape index (κ3) is 59.5. The molecule has 36 valence electrons. The Morgan fingerprint density at radius 3 is 1.29 bits per heavy atom. The second kappa shape index (κ2) is 15.8. The van der Waals surface area contributed by atoms with Gasteiger partial charge in [-0.15, -0.1) is 0 Å². The van der Waals surface area contributed by atoms with Gasteiger partial charge >= 0.3 is 83.8 Å². The molecule has 7 heteroatoms. The molecular weight excluding hydrogens is 165 g/mol. The molecule has 0 fully saturated rings. The summed E-state index contributed by atoms with van der Waals surface area (Å²) in [5.74, 6) is 0. The molecule has 0 aromatic rings. The largest absolute Gasteiger partial charge is 2.00 e. The minimum atomic E-state index is -3.63. The fourth-order valence-electron chi connectivity index (χ4n) is 0. The summed E-state index contributed by atoms with van der Waals surface area (Å²) >= 11 is 0. The van der Waals surface area contributed by atoms with Crippen molar-refractivity contribution >= 4 is 93.0 Å². The van der Waals surface area contributed by atoms with E-state index in [2.05, 4.69) is 0 Å². The molecule has 0 aliphatic carbocycles. The molecule has 0 saturated heterocycles. The Hall–Kier alpha value is 2.41. The van der Waals surface area contributed by atoms with Crippen LogP contribution in [-0.4, -0.2) is 93.0 Å². The molecule has 0 aromatic heterocycles. The third-order valence-electron chi connectivity index (χ3n) is 0. The van der Waals surface area contributed by atoms with Crippen molar-refractivity contribution in [1.82, 2.24) is 0 Å². The predicted octanol–water partition coefficient (Wildman–Crippen LogP) is -3.35. The van der Waals surface area contributed by atoms with E-state index >= 15 is 0 Å². The van der Waals surface area contributed by atoms with Crippen molar-refractivity contribution < 1.29 is 22.6 Å². The molecule has 0 rings (SSSR count). The summed E-state index contributed by atoms with van der Waals surface area (Å²) in [6, 6.07) is 0. The van der Waals surface area contributed by atoms with Gasteiger partial charge < -0.3 is 22.6 Å². The van der Waals surface area contributed by atoms with E-state index < -0.39 is 9.17 Å². The van der Waals surface area contributed by atoms with Crippen molar-refractivity contribution in [3.8, 4) is 0 Å². The zero-order valence-corrected chi connectivity index (χ0v) is 9.88. The normalized spacial score (nSPS) is 3.43. The summed E-state index contributed by atoms with van der Waals surface area (Å²) in [5, 5.41) is 0. The second-order valence-corrected chi connectivity index (χ2v) is 0.750. The predicted molar refractivity (Wildman–Crippen MR) is 30.4 cm³/mol. The van der Waals surface area contributed by atoms with Crippen LogP contribution >= 0.6 is 0 Å². The number of hydrogen-bond donors (Lipinski definition) is 0. The fourth-order valence-corrected chi connectivity index (χ4v) is 0. The molecule has 0 spiro atoms. The summed E-state index contributed by atoms with van der Waals surface area (Å²) in [5.41, 5.74) is 0. The number of rotatable bonds is 0. The quantitative estimate of drug-likeness (QED) is 0.357. The smallest absolute Gasteiger partial charge is 1.00 e. The fraction of sp³-hybridized carbons (Fsp3) is 0. The van der Waals surface area contributed by atoms with Crippen molar-refractivity contribution in [2.75, 3.05) is 0 Å².